The van der Waals surface area contributed by atoms with Crippen LogP contribution in [0.4, 0.5) is 0 Å². The Balaban J connectivity index is 1.60. The maximum absolute atomic E-state index is 13.1. The van der Waals surface area contributed by atoms with Crippen molar-refractivity contribution in [2.45, 2.75) is 20.0 Å². The third-order valence-corrected chi connectivity index (χ3v) is 5.13. The summed E-state index contributed by atoms with van der Waals surface area (Å²) in [5, 5.41) is 7.18. The summed E-state index contributed by atoms with van der Waals surface area (Å²) in [7, 11) is 1.76. The number of rotatable bonds is 2. The Morgan fingerprint density at radius 1 is 1.18 bits per heavy atom. The lowest BCUT2D eigenvalue weighted by molar-refractivity contribution is 0.0750. The van der Waals surface area contributed by atoms with Gasteiger partial charge in [-0.2, -0.15) is 5.10 Å². The van der Waals surface area contributed by atoms with E-state index in [1.807, 2.05) is 37.3 Å². The molecule has 5 rings (SSSR count). The second-order valence-corrected chi connectivity index (χ2v) is 7.04. The van der Waals surface area contributed by atoms with Crippen molar-refractivity contribution < 1.29 is 4.79 Å². The van der Waals surface area contributed by atoms with Crippen molar-refractivity contribution in [2.75, 3.05) is 0 Å². The normalized spacial score (nSPS) is 13.3. The lowest BCUT2D eigenvalue weighted by Crippen LogP contribution is -2.26. The van der Waals surface area contributed by atoms with Gasteiger partial charge in [0.15, 0.2) is 5.65 Å². The fourth-order valence-electron chi connectivity index (χ4n) is 3.79. The first-order valence-electron chi connectivity index (χ1n) is 8.99. The predicted octanol–water partition coefficient (Wildman–Crippen LogP) is 1.89. The standard InChI is InChI=1S/C20H18N6O2/c1-12-17(13-6-4-3-5-7-13)18-22-16-11-25(10-15(16)20(28)26(18)23-12)19(27)14-8-21-24(2)9-14/h3-9,23H,10-11H2,1-2H3. The molecule has 8 nitrogen and oxygen atoms in total. The van der Waals surface area contributed by atoms with Gasteiger partial charge < -0.3 is 4.90 Å². The van der Waals surface area contributed by atoms with Crippen LogP contribution >= 0.6 is 0 Å². The molecular weight excluding hydrogens is 356 g/mol. The van der Waals surface area contributed by atoms with E-state index in [4.69, 9.17) is 4.98 Å². The van der Waals surface area contributed by atoms with Gasteiger partial charge in [0.1, 0.15) is 0 Å². The first-order chi connectivity index (χ1) is 13.5. The van der Waals surface area contributed by atoms with Gasteiger partial charge in [-0.1, -0.05) is 30.3 Å². The number of carbonyl (C=O) groups is 1. The van der Waals surface area contributed by atoms with Crippen LogP contribution in [0.1, 0.15) is 27.3 Å². The van der Waals surface area contributed by atoms with Crippen LogP contribution in [-0.2, 0) is 20.1 Å². The Kier molecular flexibility index (Phi) is 3.48. The fraction of sp³-hybridized carbons (Fsp3) is 0.200. The first kappa shape index (κ1) is 16.5. The zero-order valence-corrected chi connectivity index (χ0v) is 15.5. The monoisotopic (exact) mass is 374 g/mol. The maximum Gasteiger partial charge on any atom is 0.278 e. The Labute approximate surface area is 160 Å². The van der Waals surface area contributed by atoms with Gasteiger partial charge in [-0.05, 0) is 12.5 Å². The topological polar surface area (TPSA) is 88.3 Å². The van der Waals surface area contributed by atoms with Gasteiger partial charge in [0.2, 0.25) is 0 Å². The van der Waals surface area contributed by atoms with Gasteiger partial charge in [-0.3, -0.25) is 19.4 Å². The summed E-state index contributed by atoms with van der Waals surface area (Å²) in [5.41, 5.74) is 4.90. The van der Waals surface area contributed by atoms with Crippen molar-refractivity contribution in [2.24, 2.45) is 7.05 Å². The quantitative estimate of drug-likeness (QED) is 0.580. The van der Waals surface area contributed by atoms with Crippen molar-refractivity contribution in [1.82, 2.24) is 29.3 Å². The molecule has 0 atom stereocenters. The minimum Gasteiger partial charge on any atom is -0.328 e. The number of fused-ring (bicyclic) bond motifs is 2. The first-order valence-corrected chi connectivity index (χ1v) is 8.99. The minimum atomic E-state index is -0.160. The Bertz CT molecular complexity index is 1280. The fourth-order valence-corrected chi connectivity index (χ4v) is 3.79. The van der Waals surface area contributed by atoms with E-state index in [0.29, 0.717) is 29.0 Å². The highest BCUT2D eigenvalue weighted by Crippen LogP contribution is 2.28. The molecule has 0 saturated carbocycles. The number of aromatic nitrogens is 5. The van der Waals surface area contributed by atoms with Crippen molar-refractivity contribution in [3.05, 3.63) is 75.6 Å². The summed E-state index contributed by atoms with van der Waals surface area (Å²) in [5.74, 6) is -0.154. The largest absolute Gasteiger partial charge is 0.328 e. The molecule has 8 heteroatoms. The zero-order chi connectivity index (χ0) is 19.4. The Morgan fingerprint density at radius 3 is 2.68 bits per heavy atom. The summed E-state index contributed by atoms with van der Waals surface area (Å²) < 4.78 is 3.07. The summed E-state index contributed by atoms with van der Waals surface area (Å²) in [4.78, 5) is 32.2. The number of amides is 1. The van der Waals surface area contributed by atoms with Crippen molar-refractivity contribution in [1.29, 1.82) is 0 Å². The van der Waals surface area contributed by atoms with Gasteiger partial charge in [0.25, 0.3) is 11.5 Å². The SMILES string of the molecule is Cc1[nH]n2c(=O)c3c(nc2c1-c1ccccc1)CN(C(=O)c1cnn(C)c1)C3. The van der Waals surface area contributed by atoms with Gasteiger partial charge in [-0.25, -0.2) is 9.50 Å². The van der Waals surface area contributed by atoms with E-state index in [1.165, 1.54) is 10.7 Å². The van der Waals surface area contributed by atoms with Crippen molar-refractivity contribution >= 4 is 11.6 Å². The third-order valence-electron chi connectivity index (χ3n) is 5.13. The van der Waals surface area contributed by atoms with Gasteiger partial charge >= 0.3 is 0 Å². The van der Waals surface area contributed by atoms with E-state index in [0.717, 1.165) is 16.8 Å². The molecular formula is C20H18N6O2. The summed E-state index contributed by atoms with van der Waals surface area (Å²) in [6.07, 6.45) is 3.21. The molecule has 1 N–H and O–H groups in total. The molecule has 0 saturated heterocycles. The van der Waals surface area contributed by atoms with Crippen LogP contribution < -0.4 is 5.56 Å². The van der Waals surface area contributed by atoms with Gasteiger partial charge in [-0.15, -0.1) is 0 Å². The van der Waals surface area contributed by atoms with E-state index in [1.54, 1.807) is 22.8 Å². The van der Waals surface area contributed by atoms with E-state index < -0.39 is 0 Å². The molecule has 1 aromatic carbocycles. The number of aromatic amines is 1. The van der Waals surface area contributed by atoms with E-state index in [2.05, 4.69) is 10.2 Å². The summed E-state index contributed by atoms with van der Waals surface area (Å²) in [6, 6.07) is 9.85. The average molecular weight is 374 g/mol. The van der Waals surface area contributed by atoms with E-state index in [-0.39, 0.29) is 18.0 Å². The second kappa shape index (κ2) is 5.91. The molecule has 1 aliphatic heterocycles. The maximum atomic E-state index is 13.1. The number of aryl methyl sites for hydroxylation is 2. The zero-order valence-electron chi connectivity index (χ0n) is 15.5. The molecule has 0 aliphatic carbocycles. The third kappa shape index (κ3) is 2.38. The number of benzene rings is 1. The van der Waals surface area contributed by atoms with Crippen LogP contribution in [0.5, 0.6) is 0 Å². The summed E-state index contributed by atoms with van der Waals surface area (Å²) >= 11 is 0. The van der Waals surface area contributed by atoms with Crippen molar-refractivity contribution in [3.63, 3.8) is 0 Å². The summed E-state index contributed by atoms with van der Waals surface area (Å²) in [6.45, 7) is 2.49. The number of carbonyl (C=O) groups excluding carboxylic acids is 1. The molecule has 0 fully saturated rings. The molecule has 3 aromatic heterocycles. The predicted molar refractivity (Wildman–Crippen MR) is 103 cm³/mol. The molecule has 4 heterocycles. The highest BCUT2D eigenvalue weighted by atomic mass is 16.2. The van der Waals surface area contributed by atoms with Crippen LogP contribution in [0.15, 0.2) is 47.5 Å². The minimum absolute atomic E-state index is 0.154. The number of nitrogens with one attached hydrogen (secondary N) is 1. The highest BCUT2D eigenvalue weighted by Gasteiger charge is 2.30. The van der Waals surface area contributed by atoms with Gasteiger partial charge in [0.05, 0.1) is 36.1 Å². The van der Waals surface area contributed by atoms with E-state index in [9.17, 15) is 9.59 Å². The molecule has 28 heavy (non-hydrogen) atoms. The Morgan fingerprint density at radius 2 is 1.96 bits per heavy atom. The lowest BCUT2D eigenvalue weighted by atomic mass is 10.1. The Hall–Kier alpha value is -3.68. The number of H-pyrrole nitrogens is 1. The lowest BCUT2D eigenvalue weighted by Gasteiger charge is -2.13. The van der Waals surface area contributed by atoms with E-state index >= 15 is 0 Å². The molecule has 1 amide bonds. The molecule has 0 spiro atoms. The molecule has 140 valence electrons. The second-order valence-electron chi connectivity index (χ2n) is 7.04. The molecule has 0 unspecified atom stereocenters. The molecule has 1 aliphatic rings. The van der Waals surface area contributed by atoms with Crippen LogP contribution in [0.3, 0.4) is 0 Å². The molecule has 0 radical (unpaired) electrons. The number of nitrogens with zero attached hydrogens (tertiary/aromatic N) is 5. The van der Waals surface area contributed by atoms with Crippen LogP contribution in [-0.4, -0.2) is 35.2 Å². The smallest absolute Gasteiger partial charge is 0.278 e. The van der Waals surface area contributed by atoms with Crippen LogP contribution in [0.25, 0.3) is 16.8 Å². The molecule has 4 aromatic rings. The van der Waals surface area contributed by atoms with Crippen LogP contribution in [0.2, 0.25) is 0 Å². The number of hydrogen-bond acceptors (Lipinski definition) is 4. The number of hydrogen-bond donors (Lipinski definition) is 1. The highest BCUT2D eigenvalue weighted by molar-refractivity contribution is 5.94. The van der Waals surface area contributed by atoms with Gasteiger partial charge in [0, 0.05) is 24.5 Å². The van der Waals surface area contributed by atoms with Crippen molar-refractivity contribution in [3.8, 4) is 11.1 Å². The van der Waals surface area contributed by atoms with Crippen LogP contribution in [0, 0.1) is 6.92 Å². The average Bonchev–Trinajstić information content (AvgIpc) is 3.39. The molecule has 0 bridgehead atoms.